The third-order valence-corrected chi connectivity index (χ3v) is 3.08. The van der Waals surface area contributed by atoms with Crippen molar-refractivity contribution in [2.75, 3.05) is 0 Å². The molecule has 0 saturated heterocycles. The Labute approximate surface area is 125 Å². The molecule has 22 heavy (non-hydrogen) atoms. The van der Waals surface area contributed by atoms with Gasteiger partial charge >= 0.3 is 6.18 Å². The van der Waals surface area contributed by atoms with E-state index in [9.17, 15) is 26.3 Å². The van der Waals surface area contributed by atoms with Crippen molar-refractivity contribution in [1.82, 2.24) is 19.1 Å². The van der Waals surface area contributed by atoms with Gasteiger partial charge in [-0.3, -0.25) is 4.31 Å². The van der Waals surface area contributed by atoms with Gasteiger partial charge in [0, 0.05) is 5.70 Å². The highest BCUT2D eigenvalue weighted by molar-refractivity contribution is 7.78. The molecule has 0 saturated carbocycles. The highest BCUT2D eigenvalue weighted by atomic mass is 32.1. The predicted octanol–water partition coefficient (Wildman–Crippen LogP) is 2.78. The standard InChI is InChI=1S/C10H9F6N5S/c11-8(10(14,15)16)9(12,13)2-6-1-7(21(22)5-18-6)20-4-17-3-19-20/h1,3-5,7-8,22H,2H2. The second kappa shape index (κ2) is 5.82. The average Bonchev–Trinajstić information content (AvgIpc) is 2.92. The first-order valence-corrected chi connectivity index (χ1v) is 6.16. The molecular formula is C10H9F6N5S. The first kappa shape index (κ1) is 16.6. The molecule has 1 aromatic rings. The molecule has 0 bridgehead atoms. The number of hydrogen-bond acceptors (Lipinski definition) is 5. The molecule has 2 rings (SSSR count). The summed E-state index contributed by atoms with van der Waals surface area (Å²) in [5.74, 6) is -4.63. The Morgan fingerprint density at radius 1 is 1.27 bits per heavy atom. The van der Waals surface area contributed by atoms with Gasteiger partial charge in [-0.25, -0.2) is 27.8 Å². The lowest BCUT2D eigenvalue weighted by atomic mass is 10.1. The quantitative estimate of drug-likeness (QED) is 0.674. The fourth-order valence-corrected chi connectivity index (χ4v) is 1.94. The highest BCUT2D eigenvalue weighted by Gasteiger charge is 2.56. The summed E-state index contributed by atoms with van der Waals surface area (Å²) in [6.45, 7) is 0. The molecule has 1 aliphatic rings. The molecule has 0 spiro atoms. The molecular weight excluding hydrogens is 336 g/mol. The number of halogens is 6. The van der Waals surface area contributed by atoms with Gasteiger partial charge in [0.2, 0.25) is 0 Å². The lowest BCUT2D eigenvalue weighted by molar-refractivity contribution is -0.243. The first-order chi connectivity index (χ1) is 10.1. The summed E-state index contributed by atoms with van der Waals surface area (Å²) < 4.78 is 78.4. The fraction of sp³-hybridized carbons (Fsp3) is 0.500. The molecule has 0 aliphatic carbocycles. The smallest absolute Gasteiger partial charge is 0.282 e. The van der Waals surface area contributed by atoms with Crippen molar-refractivity contribution in [2.45, 2.75) is 30.9 Å². The minimum atomic E-state index is -5.65. The Bertz CT molecular complexity index is 569. The van der Waals surface area contributed by atoms with Gasteiger partial charge in [0.25, 0.3) is 12.1 Å². The fourth-order valence-electron chi connectivity index (χ4n) is 1.72. The largest absolute Gasteiger partial charge is 0.425 e. The van der Waals surface area contributed by atoms with E-state index in [1.54, 1.807) is 0 Å². The van der Waals surface area contributed by atoms with Crippen LogP contribution in [0.15, 0.2) is 29.4 Å². The molecule has 2 heterocycles. The molecule has 1 aromatic heterocycles. The SMILES string of the molecule is FC(C(F)(F)F)C(F)(F)CC1=CC(n2cncn2)N(S)C=N1. The second-order valence-electron chi connectivity index (χ2n) is 4.41. The van der Waals surface area contributed by atoms with Crippen LogP contribution in [0.5, 0.6) is 0 Å². The number of allylic oxidation sites excluding steroid dienone is 1. The van der Waals surface area contributed by atoms with E-state index in [-0.39, 0.29) is 0 Å². The van der Waals surface area contributed by atoms with Crippen LogP contribution in [0, 0.1) is 0 Å². The molecule has 0 N–H and O–H groups in total. The van der Waals surface area contributed by atoms with Crippen molar-refractivity contribution < 1.29 is 26.3 Å². The van der Waals surface area contributed by atoms with Gasteiger partial charge in [0.1, 0.15) is 19.0 Å². The Kier molecular flexibility index (Phi) is 4.40. The number of alkyl halides is 6. The van der Waals surface area contributed by atoms with Gasteiger partial charge < -0.3 is 0 Å². The summed E-state index contributed by atoms with van der Waals surface area (Å²) in [5, 5.41) is 3.76. The molecule has 122 valence electrons. The number of rotatable bonds is 4. The maximum Gasteiger partial charge on any atom is 0.425 e. The van der Waals surface area contributed by atoms with E-state index in [1.165, 1.54) is 21.6 Å². The molecule has 0 aromatic carbocycles. The van der Waals surface area contributed by atoms with Crippen LogP contribution < -0.4 is 0 Å². The van der Waals surface area contributed by atoms with Crippen LogP contribution in [-0.2, 0) is 0 Å². The van der Waals surface area contributed by atoms with Crippen LogP contribution in [0.3, 0.4) is 0 Å². The molecule has 0 amide bonds. The van der Waals surface area contributed by atoms with Gasteiger partial charge in [0.05, 0.1) is 6.42 Å². The topological polar surface area (TPSA) is 46.3 Å². The summed E-state index contributed by atoms with van der Waals surface area (Å²) in [6.07, 6.45) is -7.70. The second-order valence-corrected chi connectivity index (χ2v) is 4.88. The van der Waals surface area contributed by atoms with E-state index in [0.717, 1.165) is 12.4 Å². The van der Waals surface area contributed by atoms with Gasteiger partial charge in [0.15, 0.2) is 6.17 Å². The van der Waals surface area contributed by atoms with Gasteiger partial charge in [-0.1, -0.05) is 12.8 Å². The molecule has 1 aliphatic heterocycles. The van der Waals surface area contributed by atoms with Crippen LogP contribution in [0.25, 0.3) is 0 Å². The lowest BCUT2D eigenvalue weighted by Gasteiger charge is -2.28. The number of aliphatic imine (C=N–C) groups is 1. The minimum Gasteiger partial charge on any atom is -0.282 e. The zero-order valence-electron chi connectivity index (χ0n) is 10.6. The van der Waals surface area contributed by atoms with Crippen LogP contribution in [0.2, 0.25) is 0 Å². The van der Waals surface area contributed by atoms with E-state index >= 15 is 0 Å². The molecule has 12 heteroatoms. The molecule has 0 radical (unpaired) electrons. The summed E-state index contributed by atoms with van der Waals surface area (Å²) in [5.41, 5.74) is -0.414. The van der Waals surface area contributed by atoms with Gasteiger partial charge in [-0.2, -0.15) is 18.3 Å². The van der Waals surface area contributed by atoms with Crippen molar-refractivity contribution >= 4 is 19.2 Å². The summed E-state index contributed by atoms with van der Waals surface area (Å²) in [4.78, 5) is 7.18. The van der Waals surface area contributed by atoms with E-state index in [1.807, 2.05) is 0 Å². The van der Waals surface area contributed by atoms with Crippen molar-refractivity contribution in [3.63, 3.8) is 0 Å². The third kappa shape index (κ3) is 3.54. The van der Waals surface area contributed by atoms with Gasteiger partial charge in [-0.15, -0.1) is 0 Å². The van der Waals surface area contributed by atoms with Crippen LogP contribution in [0.1, 0.15) is 12.6 Å². The van der Waals surface area contributed by atoms with Crippen molar-refractivity contribution in [3.8, 4) is 0 Å². The average molecular weight is 345 g/mol. The van der Waals surface area contributed by atoms with Crippen LogP contribution in [-0.4, -0.2) is 43.7 Å². The maximum absolute atomic E-state index is 13.4. The monoisotopic (exact) mass is 345 g/mol. The summed E-state index contributed by atoms with van der Waals surface area (Å²) >= 11 is 3.99. The summed E-state index contributed by atoms with van der Waals surface area (Å²) in [7, 11) is 0. The molecule has 2 atom stereocenters. The summed E-state index contributed by atoms with van der Waals surface area (Å²) in [6, 6.07) is 0. The normalized spacial score (nSPS) is 21.0. The van der Waals surface area contributed by atoms with E-state index < -0.39 is 36.6 Å². The van der Waals surface area contributed by atoms with E-state index in [2.05, 4.69) is 27.9 Å². The maximum atomic E-state index is 13.4. The lowest BCUT2D eigenvalue weighted by Crippen LogP contribution is -2.42. The highest BCUT2D eigenvalue weighted by Crippen LogP contribution is 2.39. The number of nitrogens with zero attached hydrogens (tertiary/aromatic N) is 5. The minimum absolute atomic E-state index is 0.414. The zero-order chi connectivity index (χ0) is 16.5. The van der Waals surface area contributed by atoms with Crippen LogP contribution >= 0.6 is 12.8 Å². The van der Waals surface area contributed by atoms with E-state index in [4.69, 9.17) is 0 Å². The molecule has 5 nitrogen and oxygen atoms in total. The first-order valence-electron chi connectivity index (χ1n) is 5.76. The number of hydrogen-bond donors (Lipinski definition) is 1. The number of aromatic nitrogens is 3. The Morgan fingerprint density at radius 2 is 1.95 bits per heavy atom. The predicted molar refractivity (Wildman–Crippen MR) is 67.0 cm³/mol. The van der Waals surface area contributed by atoms with Crippen molar-refractivity contribution in [2.24, 2.45) is 4.99 Å². The van der Waals surface area contributed by atoms with Gasteiger partial charge in [-0.05, 0) is 6.08 Å². The Balaban J connectivity index is 2.18. The van der Waals surface area contributed by atoms with Crippen molar-refractivity contribution in [3.05, 3.63) is 24.4 Å². The Morgan fingerprint density at radius 3 is 2.50 bits per heavy atom. The third-order valence-electron chi connectivity index (χ3n) is 2.74. The van der Waals surface area contributed by atoms with E-state index in [0.29, 0.717) is 0 Å². The van der Waals surface area contributed by atoms with Crippen LogP contribution in [0.4, 0.5) is 26.3 Å². The number of thiol groups is 1. The molecule has 0 fully saturated rings. The van der Waals surface area contributed by atoms with Crippen molar-refractivity contribution in [1.29, 1.82) is 0 Å². The zero-order valence-corrected chi connectivity index (χ0v) is 11.5. The molecule has 2 unspecified atom stereocenters. The Hall–Kier alpha value is -1.72.